The van der Waals surface area contributed by atoms with Gasteiger partial charge in [-0.05, 0) is 55.2 Å². The maximum Gasteiger partial charge on any atom is 0.309 e. The van der Waals surface area contributed by atoms with Crippen molar-refractivity contribution in [2.45, 2.75) is 25.8 Å². The van der Waals surface area contributed by atoms with Crippen LogP contribution in [0, 0.1) is 5.92 Å². The van der Waals surface area contributed by atoms with Gasteiger partial charge in [0.1, 0.15) is 12.4 Å². The van der Waals surface area contributed by atoms with Gasteiger partial charge in [-0.15, -0.1) is 0 Å². The van der Waals surface area contributed by atoms with Gasteiger partial charge in [-0.1, -0.05) is 35.1 Å². The highest BCUT2D eigenvalue weighted by Crippen LogP contribution is 2.34. The number of hydrogen-bond acceptors (Lipinski definition) is 7. The molecule has 2 heterocycles. The molecular weight excluding hydrogens is 446 g/mol. The Bertz CT molecular complexity index is 1070. The molecule has 1 N–H and O–H groups in total. The molecule has 2 atom stereocenters. The molecule has 6 nitrogen and oxygen atoms in total. The fourth-order valence-corrected chi connectivity index (χ4v) is 5.27. The molecule has 0 aliphatic carbocycles. The first-order chi connectivity index (χ1) is 15.5. The number of rotatable bonds is 9. The lowest BCUT2D eigenvalue weighted by molar-refractivity contribution is -0.139. The Balaban J connectivity index is 1.22. The highest BCUT2D eigenvalue weighted by atomic mass is 35.5. The lowest BCUT2D eigenvalue weighted by Gasteiger charge is -2.21. The van der Waals surface area contributed by atoms with Crippen molar-refractivity contribution in [3.63, 3.8) is 0 Å². The number of carbonyl (C=O) groups is 1. The number of hydrogen-bond donors (Lipinski definition) is 1. The molecule has 2 aromatic carbocycles. The molecule has 0 radical (unpaired) electrons. The van der Waals surface area contributed by atoms with Crippen LogP contribution in [0.4, 0.5) is 5.13 Å². The Hall–Kier alpha value is -2.35. The molecule has 0 amide bonds. The van der Waals surface area contributed by atoms with Gasteiger partial charge in [0.15, 0.2) is 5.13 Å². The molecule has 1 saturated heterocycles. The predicted molar refractivity (Wildman–Crippen MR) is 130 cm³/mol. The smallest absolute Gasteiger partial charge is 0.309 e. The normalized spacial score (nSPS) is 17.0. The Kier molecular flexibility index (Phi) is 7.50. The van der Waals surface area contributed by atoms with Crippen LogP contribution in [0.15, 0.2) is 42.5 Å². The highest BCUT2D eigenvalue weighted by molar-refractivity contribution is 7.22. The quantitative estimate of drug-likeness (QED) is 0.363. The zero-order chi connectivity index (χ0) is 22.5. The van der Waals surface area contributed by atoms with Crippen molar-refractivity contribution < 1.29 is 14.3 Å². The van der Waals surface area contributed by atoms with Crippen LogP contribution in [-0.2, 0) is 16.0 Å². The summed E-state index contributed by atoms with van der Waals surface area (Å²) in [6.07, 6.45) is 1.39. The molecule has 4 rings (SSSR count). The molecule has 1 fully saturated rings. The number of fused-ring (bicyclic) bond motifs is 1. The largest absolute Gasteiger partial charge is 0.492 e. The summed E-state index contributed by atoms with van der Waals surface area (Å²) in [6, 6.07) is 13.8. The van der Waals surface area contributed by atoms with Gasteiger partial charge in [-0.25, -0.2) is 4.98 Å². The number of anilines is 1. The monoisotopic (exact) mass is 473 g/mol. The van der Waals surface area contributed by atoms with E-state index in [1.165, 1.54) is 7.11 Å². The number of methoxy groups -OCH3 is 1. The number of halogens is 1. The molecule has 8 heteroatoms. The molecule has 2 unspecified atom stereocenters. The van der Waals surface area contributed by atoms with Crippen LogP contribution >= 0.6 is 22.9 Å². The first kappa shape index (κ1) is 22.8. The Morgan fingerprint density at radius 2 is 2.22 bits per heavy atom. The van der Waals surface area contributed by atoms with E-state index < -0.39 is 0 Å². The molecular formula is C24H28ClN3O3S. The summed E-state index contributed by atoms with van der Waals surface area (Å²) < 4.78 is 11.7. The molecule has 1 aromatic heterocycles. The van der Waals surface area contributed by atoms with E-state index in [1.54, 1.807) is 11.3 Å². The first-order valence-electron chi connectivity index (χ1n) is 10.8. The molecule has 0 bridgehead atoms. The SMILES string of the molecule is COC(=O)Cc1cccc(OCCNC(C)C2CCN(c3nc4ccc(Cl)cc4s3)C2)c1. The van der Waals surface area contributed by atoms with Crippen LogP contribution in [0.5, 0.6) is 5.75 Å². The zero-order valence-corrected chi connectivity index (χ0v) is 19.9. The summed E-state index contributed by atoms with van der Waals surface area (Å²) in [6.45, 7) is 5.59. The number of aromatic nitrogens is 1. The van der Waals surface area contributed by atoms with Gasteiger partial charge in [0, 0.05) is 30.7 Å². The third kappa shape index (κ3) is 5.71. The molecule has 0 saturated carbocycles. The number of nitrogens with zero attached hydrogens (tertiary/aromatic N) is 2. The second kappa shape index (κ2) is 10.5. The number of ether oxygens (including phenoxy) is 2. The second-order valence-corrected chi connectivity index (χ2v) is 9.54. The van der Waals surface area contributed by atoms with Gasteiger partial charge in [-0.3, -0.25) is 4.79 Å². The van der Waals surface area contributed by atoms with E-state index in [0.29, 0.717) is 18.6 Å². The van der Waals surface area contributed by atoms with Crippen molar-refractivity contribution in [1.29, 1.82) is 0 Å². The van der Waals surface area contributed by atoms with Crippen molar-refractivity contribution >= 4 is 44.3 Å². The lowest BCUT2D eigenvalue weighted by Crippen LogP contribution is -2.37. The van der Waals surface area contributed by atoms with Gasteiger partial charge in [0.25, 0.3) is 0 Å². The van der Waals surface area contributed by atoms with E-state index >= 15 is 0 Å². The van der Waals surface area contributed by atoms with Gasteiger partial charge in [0.05, 0.1) is 23.7 Å². The van der Waals surface area contributed by atoms with Crippen molar-refractivity contribution in [2.24, 2.45) is 5.92 Å². The molecule has 1 aliphatic rings. The minimum absolute atomic E-state index is 0.252. The Morgan fingerprint density at radius 3 is 3.06 bits per heavy atom. The maximum atomic E-state index is 11.4. The Labute approximate surface area is 197 Å². The average molecular weight is 474 g/mol. The summed E-state index contributed by atoms with van der Waals surface area (Å²) in [4.78, 5) is 18.6. The summed E-state index contributed by atoms with van der Waals surface area (Å²) in [5, 5.41) is 5.42. The minimum Gasteiger partial charge on any atom is -0.492 e. The highest BCUT2D eigenvalue weighted by Gasteiger charge is 2.28. The van der Waals surface area contributed by atoms with Crippen LogP contribution in [0.3, 0.4) is 0 Å². The standard InChI is InChI=1S/C24H28ClN3O3S/c1-16(26-9-11-31-20-5-3-4-17(12-20)13-23(29)30-2)18-8-10-28(15-18)24-27-21-7-6-19(25)14-22(21)32-24/h3-7,12,14,16,18,26H,8-11,13,15H2,1-2H3. The fraction of sp³-hybridized carbons (Fsp3) is 0.417. The second-order valence-electron chi connectivity index (χ2n) is 8.09. The van der Waals surface area contributed by atoms with E-state index in [0.717, 1.165) is 57.7 Å². The topological polar surface area (TPSA) is 63.7 Å². The number of benzene rings is 2. The summed E-state index contributed by atoms with van der Waals surface area (Å²) in [7, 11) is 1.40. The lowest BCUT2D eigenvalue weighted by atomic mass is 10.0. The van der Waals surface area contributed by atoms with Gasteiger partial charge in [-0.2, -0.15) is 0 Å². The molecule has 0 spiro atoms. The zero-order valence-electron chi connectivity index (χ0n) is 18.3. The van der Waals surface area contributed by atoms with Crippen LogP contribution in [0.2, 0.25) is 5.02 Å². The molecule has 170 valence electrons. The van der Waals surface area contributed by atoms with Crippen molar-refractivity contribution in [1.82, 2.24) is 10.3 Å². The molecule has 32 heavy (non-hydrogen) atoms. The summed E-state index contributed by atoms with van der Waals surface area (Å²) in [5.74, 6) is 1.08. The van der Waals surface area contributed by atoms with Gasteiger partial charge >= 0.3 is 5.97 Å². The van der Waals surface area contributed by atoms with Crippen LogP contribution < -0.4 is 15.0 Å². The van der Waals surface area contributed by atoms with Crippen molar-refractivity contribution in [3.05, 3.63) is 53.1 Å². The minimum atomic E-state index is -0.252. The third-order valence-electron chi connectivity index (χ3n) is 5.85. The predicted octanol–water partition coefficient (Wildman–Crippen LogP) is 4.55. The number of nitrogens with one attached hydrogen (secondary N) is 1. The fourth-order valence-electron chi connectivity index (χ4n) is 4.00. The van der Waals surface area contributed by atoms with Gasteiger partial charge in [0.2, 0.25) is 0 Å². The van der Waals surface area contributed by atoms with E-state index in [1.807, 2.05) is 42.5 Å². The van der Waals surface area contributed by atoms with Crippen molar-refractivity contribution in [2.75, 3.05) is 38.3 Å². The van der Waals surface area contributed by atoms with Crippen LogP contribution in [0.1, 0.15) is 18.9 Å². The summed E-state index contributed by atoms with van der Waals surface area (Å²) in [5.41, 5.74) is 1.90. The molecule has 1 aliphatic heterocycles. The number of esters is 1. The van der Waals surface area contributed by atoms with E-state index in [2.05, 4.69) is 17.1 Å². The van der Waals surface area contributed by atoms with Crippen LogP contribution in [0.25, 0.3) is 10.2 Å². The maximum absolute atomic E-state index is 11.4. The average Bonchev–Trinajstić information content (AvgIpc) is 3.43. The third-order valence-corrected chi connectivity index (χ3v) is 7.17. The van der Waals surface area contributed by atoms with E-state index in [9.17, 15) is 4.79 Å². The summed E-state index contributed by atoms with van der Waals surface area (Å²) >= 11 is 7.82. The Morgan fingerprint density at radius 1 is 1.34 bits per heavy atom. The van der Waals surface area contributed by atoms with E-state index in [4.69, 9.17) is 26.1 Å². The van der Waals surface area contributed by atoms with Crippen LogP contribution in [-0.4, -0.2) is 50.3 Å². The van der Waals surface area contributed by atoms with E-state index in [-0.39, 0.29) is 12.4 Å². The van der Waals surface area contributed by atoms with Crippen molar-refractivity contribution in [3.8, 4) is 5.75 Å². The number of thiazole rings is 1. The van der Waals surface area contributed by atoms with Gasteiger partial charge < -0.3 is 19.7 Å². The first-order valence-corrected chi connectivity index (χ1v) is 12.0. The molecule has 3 aromatic rings. The number of carbonyl (C=O) groups excluding carboxylic acids is 1.